The molecule has 3 aromatic heterocycles. The van der Waals surface area contributed by atoms with Crippen LogP contribution < -0.4 is 15.0 Å². The van der Waals surface area contributed by atoms with Crippen molar-refractivity contribution in [3.8, 4) is 5.75 Å². The lowest BCUT2D eigenvalue weighted by Crippen LogP contribution is -2.36. The maximum absolute atomic E-state index is 6.54. The molecule has 1 saturated heterocycles. The van der Waals surface area contributed by atoms with Gasteiger partial charge in [0.1, 0.15) is 11.3 Å². The first-order chi connectivity index (χ1) is 17.1. The van der Waals surface area contributed by atoms with Crippen molar-refractivity contribution >= 4 is 28.4 Å². The molecule has 0 bridgehead atoms. The highest BCUT2D eigenvalue weighted by molar-refractivity contribution is 5.85. The van der Waals surface area contributed by atoms with Crippen molar-refractivity contribution in [1.82, 2.24) is 29.5 Å². The van der Waals surface area contributed by atoms with Crippen molar-refractivity contribution < 1.29 is 9.47 Å². The molecule has 1 N–H and O–H groups in total. The Balaban J connectivity index is 1.14. The average Bonchev–Trinajstić information content (AvgIpc) is 3.28. The summed E-state index contributed by atoms with van der Waals surface area (Å²) in [6, 6.07) is 6.53. The van der Waals surface area contributed by atoms with Gasteiger partial charge in [-0.3, -0.25) is 4.98 Å². The zero-order valence-corrected chi connectivity index (χ0v) is 20.1. The Morgan fingerprint density at radius 3 is 2.60 bits per heavy atom. The smallest absolute Gasteiger partial charge is 0.254 e. The molecular formula is C25H30N8O2. The first kappa shape index (κ1) is 22.0. The lowest BCUT2D eigenvalue weighted by molar-refractivity contribution is 0.122. The number of hydrogen-bond acceptors (Lipinski definition) is 9. The normalized spacial score (nSPS) is 20.9. The summed E-state index contributed by atoms with van der Waals surface area (Å²) in [5.41, 5.74) is 4.76. The molecule has 0 radical (unpaired) electrons. The van der Waals surface area contributed by atoms with Gasteiger partial charge in [-0.2, -0.15) is 9.50 Å². The molecule has 0 atom stereocenters. The zero-order valence-electron chi connectivity index (χ0n) is 20.1. The van der Waals surface area contributed by atoms with E-state index in [0.29, 0.717) is 17.8 Å². The van der Waals surface area contributed by atoms with Gasteiger partial charge in [0.2, 0.25) is 5.95 Å². The molecule has 4 heterocycles. The number of ether oxygens (including phenoxy) is 2. The van der Waals surface area contributed by atoms with Crippen LogP contribution >= 0.6 is 0 Å². The summed E-state index contributed by atoms with van der Waals surface area (Å²) in [6.07, 6.45) is 7.47. The van der Waals surface area contributed by atoms with Crippen LogP contribution in [0.2, 0.25) is 0 Å². The largest absolute Gasteiger partial charge is 0.488 e. The van der Waals surface area contributed by atoms with Gasteiger partial charge < -0.3 is 19.7 Å². The van der Waals surface area contributed by atoms with E-state index in [1.807, 2.05) is 19.9 Å². The number of anilines is 2. The number of rotatable bonds is 5. The van der Waals surface area contributed by atoms with Crippen LogP contribution in [-0.2, 0) is 4.74 Å². The first-order valence-corrected chi connectivity index (χ1v) is 12.3. The predicted molar refractivity (Wildman–Crippen MR) is 133 cm³/mol. The minimum absolute atomic E-state index is 0.138. The summed E-state index contributed by atoms with van der Waals surface area (Å²) in [5, 5.41) is 8.10. The van der Waals surface area contributed by atoms with Gasteiger partial charge in [0, 0.05) is 54.7 Å². The summed E-state index contributed by atoms with van der Waals surface area (Å²) < 4.78 is 13.9. The first-order valence-electron chi connectivity index (χ1n) is 12.3. The fraction of sp³-hybridized carbons (Fsp3) is 0.480. The van der Waals surface area contributed by atoms with E-state index < -0.39 is 0 Å². The molecular weight excluding hydrogens is 444 g/mol. The second kappa shape index (κ2) is 9.26. The van der Waals surface area contributed by atoms with E-state index in [4.69, 9.17) is 9.47 Å². The highest BCUT2D eigenvalue weighted by atomic mass is 16.5. The third-order valence-electron chi connectivity index (χ3n) is 6.82. The molecule has 2 aliphatic rings. The Morgan fingerprint density at radius 2 is 1.77 bits per heavy atom. The highest BCUT2D eigenvalue weighted by Gasteiger charge is 2.25. The van der Waals surface area contributed by atoms with E-state index in [2.05, 4.69) is 47.4 Å². The molecule has 6 rings (SSSR count). The van der Waals surface area contributed by atoms with E-state index in [1.54, 1.807) is 16.9 Å². The SMILES string of the molecule is Cc1cc(C)n2nc(N[C@H]3CC[C@@H](Oc4cc(N5CCOCC5)cc5nccnc45)CC3)nc2n1. The fourth-order valence-electron chi connectivity index (χ4n) is 5.04. The van der Waals surface area contributed by atoms with Crippen molar-refractivity contribution in [3.05, 3.63) is 42.0 Å². The monoisotopic (exact) mass is 474 g/mol. The van der Waals surface area contributed by atoms with Crippen molar-refractivity contribution in [2.75, 3.05) is 36.5 Å². The number of nitrogens with zero attached hydrogens (tertiary/aromatic N) is 7. The molecule has 1 aromatic carbocycles. The molecule has 0 unspecified atom stereocenters. The predicted octanol–water partition coefficient (Wildman–Crippen LogP) is 3.32. The number of benzene rings is 1. The Bertz CT molecular complexity index is 1340. The maximum atomic E-state index is 6.54. The summed E-state index contributed by atoms with van der Waals surface area (Å²) >= 11 is 0. The molecule has 0 amide bonds. The van der Waals surface area contributed by atoms with Crippen LogP contribution in [0.3, 0.4) is 0 Å². The Morgan fingerprint density at radius 1 is 0.971 bits per heavy atom. The molecule has 1 aliphatic carbocycles. The Labute approximate surface area is 203 Å². The van der Waals surface area contributed by atoms with Crippen molar-refractivity contribution in [1.29, 1.82) is 0 Å². The topological polar surface area (TPSA) is 103 Å². The number of morpholine rings is 1. The van der Waals surface area contributed by atoms with Gasteiger partial charge in [-0.05, 0) is 51.7 Å². The second-order valence-corrected chi connectivity index (χ2v) is 9.39. The highest BCUT2D eigenvalue weighted by Crippen LogP contribution is 2.33. The van der Waals surface area contributed by atoms with Crippen LogP contribution in [0.25, 0.3) is 16.8 Å². The minimum Gasteiger partial charge on any atom is -0.488 e. The van der Waals surface area contributed by atoms with E-state index in [-0.39, 0.29) is 6.10 Å². The zero-order chi connectivity index (χ0) is 23.8. The third kappa shape index (κ3) is 4.58. The molecule has 182 valence electrons. The molecule has 10 heteroatoms. The molecule has 4 aromatic rings. The van der Waals surface area contributed by atoms with E-state index in [9.17, 15) is 0 Å². The standard InChI is InChI=1S/C25H30N8O2/c1-16-13-17(2)33-25(28-16)30-24(31-33)29-18-3-5-20(6-4-18)35-22-15-19(32-9-11-34-12-10-32)14-21-23(22)27-8-7-26-21/h7-8,13-15,18,20H,3-6,9-12H2,1-2H3,(H,29,31)/t18-,20+. The van der Waals surface area contributed by atoms with Crippen molar-refractivity contribution in [2.24, 2.45) is 0 Å². The van der Waals surface area contributed by atoms with Gasteiger partial charge in [0.05, 0.1) is 24.8 Å². The van der Waals surface area contributed by atoms with Crippen LogP contribution in [0.1, 0.15) is 37.1 Å². The number of aromatic nitrogens is 6. The molecule has 1 aliphatic heterocycles. The summed E-state index contributed by atoms with van der Waals surface area (Å²) in [7, 11) is 0. The molecule has 1 saturated carbocycles. The van der Waals surface area contributed by atoms with Crippen LogP contribution in [0.4, 0.5) is 11.6 Å². The van der Waals surface area contributed by atoms with Gasteiger partial charge in [-0.15, -0.1) is 5.10 Å². The summed E-state index contributed by atoms with van der Waals surface area (Å²) in [4.78, 5) is 20.5. The van der Waals surface area contributed by atoms with E-state index in [0.717, 1.165) is 85.8 Å². The van der Waals surface area contributed by atoms with Crippen LogP contribution in [0.15, 0.2) is 30.6 Å². The van der Waals surface area contributed by atoms with Gasteiger partial charge in [0.25, 0.3) is 5.78 Å². The third-order valence-corrected chi connectivity index (χ3v) is 6.82. The van der Waals surface area contributed by atoms with Gasteiger partial charge in [-0.1, -0.05) is 0 Å². The average molecular weight is 475 g/mol. The Kier molecular flexibility index (Phi) is 5.81. The molecule has 0 spiro atoms. The quantitative estimate of drug-likeness (QED) is 0.466. The van der Waals surface area contributed by atoms with Crippen molar-refractivity contribution in [3.63, 3.8) is 0 Å². The van der Waals surface area contributed by atoms with Crippen LogP contribution in [-0.4, -0.2) is 68.0 Å². The van der Waals surface area contributed by atoms with Gasteiger partial charge in [0.15, 0.2) is 0 Å². The van der Waals surface area contributed by atoms with Gasteiger partial charge >= 0.3 is 0 Å². The molecule has 10 nitrogen and oxygen atoms in total. The van der Waals surface area contributed by atoms with Crippen LogP contribution in [0.5, 0.6) is 5.75 Å². The number of aryl methyl sites for hydroxylation is 2. The van der Waals surface area contributed by atoms with Crippen molar-refractivity contribution in [2.45, 2.75) is 51.7 Å². The van der Waals surface area contributed by atoms with E-state index >= 15 is 0 Å². The summed E-state index contributed by atoms with van der Waals surface area (Å²) in [6.45, 7) is 7.21. The summed E-state index contributed by atoms with van der Waals surface area (Å²) in [5.74, 6) is 2.08. The number of fused-ring (bicyclic) bond motifs is 2. The fourth-order valence-corrected chi connectivity index (χ4v) is 5.04. The second-order valence-electron chi connectivity index (χ2n) is 9.39. The molecule has 35 heavy (non-hydrogen) atoms. The van der Waals surface area contributed by atoms with Crippen LogP contribution in [0, 0.1) is 13.8 Å². The lowest BCUT2D eigenvalue weighted by Gasteiger charge is -2.31. The number of nitrogens with one attached hydrogen (secondary N) is 1. The minimum atomic E-state index is 0.138. The lowest BCUT2D eigenvalue weighted by atomic mass is 9.93. The number of hydrogen-bond donors (Lipinski definition) is 1. The Hall–Kier alpha value is -3.53. The molecule has 2 fully saturated rings. The van der Waals surface area contributed by atoms with E-state index in [1.165, 1.54) is 0 Å². The van der Waals surface area contributed by atoms with Gasteiger partial charge in [-0.25, -0.2) is 9.97 Å². The maximum Gasteiger partial charge on any atom is 0.254 e.